The first-order chi connectivity index (χ1) is 19.1. The van der Waals surface area contributed by atoms with Gasteiger partial charge in [-0.1, -0.05) is 29.8 Å². The van der Waals surface area contributed by atoms with Crippen molar-refractivity contribution in [3.05, 3.63) is 76.7 Å². The Labute approximate surface area is 237 Å². The molecular formula is C28H30ClN9O2. The summed E-state index contributed by atoms with van der Waals surface area (Å²) in [4.78, 5) is 43.5. The Balaban J connectivity index is 1.31. The van der Waals surface area contributed by atoms with Crippen LogP contribution in [0.3, 0.4) is 0 Å². The first-order valence-corrected chi connectivity index (χ1v) is 13.2. The number of benzene rings is 1. The molecule has 40 heavy (non-hydrogen) atoms. The number of halogens is 1. The number of carbonyl (C=O) groups is 2. The molecule has 5 rings (SSSR count). The molecule has 0 aliphatic carbocycles. The molecule has 1 aromatic carbocycles. The van der Waals surface area contributed by atoms with Gasteiger partial charge in [-0.05, 0) is 37.6 Å². The second-order valence-corrected chi connectivity index (χ2v) is 10.3. The van der Waals surface area contributed by atoms with E-state index < -0.39 is 6.04 Å². The van der Waals surface area contributed by atoms with Gasteiger partial charge in [-0.15, -0.1) is 0 Å². The molecule has 206 valence electrons. The normalized spacial score (nSPS) is 14.1. The van der Waals surface area contributed by atoms with Crippen LogP contribution in [-0.2, 0) is 18.4 Å². The molecule has 1 aliphatic rings. The molecule has 2 N–H and O–H groups in total. The average Bonchev–Trinajstić information content (AvgIpc) is 3.50. The minimum atomic E-state index is -0.680. The lowest BCUT2D eigenvalue weighted by Gasteiger charge is -2.25. The monoisotopic (exact) mass is 559 g/mol. The molecule has 4 aromatic rings. The van der Waals surface area contributed by atoms with Crippen molar-refractivity contribution in [2.45, 2.75) is 32.5 Å². The lowest BCUT2D eigenvalue weighted by Crippen LogP contribution is -2.46. The molecule has 0 fully saturated rings. The highest BCUT2D eigenvalue weighted by Crippen LogP contribution is 2.32. The Morgan fingerprint density at radius 1 is 1.12 bits per heavy atom. The largest absolute Gasteiger partial charge is 0.363 e. The zero-order valence-corrected chi connectivity index (χ0v) is 23.6. The molecule has 11 nitrogen and oxygen atoms in total. The van der Waals surface area contributed by atoms with Gasteiger partial charge in [-0.2, -0.15) is 5.10 Å². The summed E-state index contributed by atoms with van der Waals surface area (Å²) in [5.41, 5.74) is 3.25. The van der Waals surface area contributed by atoms with Crippen LogP contribution in [0.2, 0.25) is 5.02 Å². The molecule has 4 heterocycles. The van der Waals surface area contributed by atoms with E-state index in [1.807, 2.05) is 56.3 Å². The van der Waals surface area contributed by atoms with Crippen LogP contribution in [0.4, 0.5) is 17.6 Å². The topological polar surface area (TPSA) is 121 Å². The Morgan fingerprint density at radius 2 is 1.93 bits per heavy atom. The molecule has 3 aromatic heterocycles. The van der Waals surface area contributed by atoms with Gasteiger partial charge in [0.1, 0.15) is 17.7 Å². The summed E-state index contributed by atoms with van der Waals surface area (Å²) in [5, 5.41) is 10.6. The molecule has 2 amide bonds. The third-order valence-electron chi connectivity index (χ3n) is 6.88. The molecule has 0 saturated heterocycles. The number of fused-ring (bicyclic) bond motifs is 1. The summed E-state index contributed by atoms with van der Waals surface area (Å²) in [6, 6.07) is 12.0. The predicted molar refractivity (Wildman–Crippen MR) is 153 cm³/mol. The van der Waals surface area contributed by atoms with E-state index in [2.05, 4.69) is 30.7 Å². The van der Waals surface area contributed by atoms with E-state index in [4.69, 9.17) is 11.6 Å². The Morgan fingerprint density at radius 3 is 2.65 bits per heavy atom. The van der Waals surface area contributed by atoms with Crippen molar-refractivity contribution in [1.29, 1.82) is 0 Å². The van der Waals surface area contributed by atoms with E-state index in [1.54, 1.807) is 41.9 Å². The quantitative estimate of drug-likeness (QED) is 0.333. The number of anilines is 3. The van der Waals surface area contributed by atoms with Crippen LogP contribution in [0.25, 0.3) is 11.3 Å². The first kappa shape index (κ1) is 27.1. The van der Waals surface area contributed by atoms with Crippen LogP contribution >= 0.6 is 11.6 Å². The van der Waals surface area contributed by atoms with Crippen molar-refractivity contribution >= 4 is 41.0 Å². The van der Waals surface area contributed by atoms with E-state index in [0.29, 0.717) is 34.3 Å². The first-order valence-electron chi connectivity index (χ1n) is 12.8. The summed E-state index contributed by atoms with van der Waals surface area (Å²) in [6.07, 6.45) is 3.18. The Kier molecular flexibility index (Phi) is 7.40. The van der Waals surface area contributed by atoms with Crippen LogP contribution in [0.15, 0.2) is 54.9 Å². The third kappa shape index (κ3) is 5.32. The number of hydrogen-bond acceptors (Lipinski definition) is 8. The molecule has 1 aliphatic heterocycles. The van der Waals surface area contributed by atoms with Crippen LogP contribution < -0.4 is 15.5 Å². The van der Waals surface area contributed by atoms with E-state index in [9.17, 15) is 9.59 Å². The van der Waals surface area contributed by atoms with Gasteiger partial charge in [0.2, 0.25) is 11.9 Å². The smallest absolute Gasteiger partial charge is 0.255 e. The fraction of sp³-hybridized carbons (Fsp3) is 0.286. The lowest BCUT2D eigenvalue weighted by atomic mass is 10.0. The van der Waals surface area contributed by atoms with Crippen molar-refractivity contribution in [2.24, 2.45) is 7.05 Å². The van der Waals surface area contributed by atoms with Gasteiger partial charge in [0.25, 0.3) is 5.91 Å². The molecular weight excluding hydrogens is 530 g/mol. The fourth-order valence-electron chi connectivity index (χ4n) is 4.50. The third-order valence-corrected chi connectivity index (χ3v) is 7.16. The van der Waals surface area contributed by atoms with Crippen molar-refractivity contribution < 1.29 is 9.59 Å². The van der Waals surface area contributed by atoms with Crippen molar-refractivity contribution in [3.8, 4) is 11.3 Å². The second-order valence-electron chi connectivity index (χ2n) is 9.88. The molecule has 12 heteroatoms. The van der Waals surface area contributed by atoms with Crippen LogP contribution in [0.5, 0.6) is 0 Å². The average molecular weight is 560 g/mol. The summed E-state index contributed by atoms with van der Waals surface area (Å²) in [7, 11) is 5.63. The van der Waals surface area contributed by atoms with Gasteiger partial charge in [-0.3, -0.25) is 14.3 Å². The Hall–Kier alpha value is -4.51. The minimum absolute atomic E-state index is 0.224. The fourth-order valence-corrected chi connectivity index (χ4v) is 4.70. The molecule has 0 saturated carbocycles. The molecule has 2 unspecified atom stereocenters. The number of hydrogen-bond donors (Lipinski definition) is 2. The van der Waals surface area contributed by atoms with Crippen molar-refractivity contribution in [2.75, 3.05) is 24.3 Å². The number of pyridine rings is 1. The maximum atomic E-state index is 13.4. The molecule has 0 radical (unpaired) electrons. The van der Waals surface area contributed by atoms with E-state index >= 15 is 0 Å². The number of nitrogens with one attached hydrogen (secondary N) is 2. The van der Waals surface area contributed by atoms with Gasteiger partial charge in [0.15, 0.2) is 0 Å². The molecule has 0 bridgehead atoms. The summed E-state index contributed by atoms with van der Waals surface area (Å²) in [5.74, 6) is 1.39. The maximum absolute atomic E-state index is 13.4. The van der Waals surface area contributed by atoms with Gasteiger partial charge in [0, 0.05) is 44.9 Å². The number of aromatic nitrogens is 5. The molecule has 2 atom stereocenters. The van der Waals surface area contributed by atoms with Crippen LogP contribution in [-0.4, -0.2) is 61.6 Å². The summed E-state index contributed by atoms with van der Waals surface area (Å²) < 4.78 is 1.66. The van der Waals surface area contributed by atoms with E-state index in [-0.39, 0.29) is 17.9 Å². The second kappa shape index (κ2) is 10.9. The van der Waals surface area contributed by atoms with Gasteiger partial charge >= 0.3 is 0 Å². The predicted octanol–water partition coefficient (Wildman–Crippen LogP) is 3.96. The maximum Gasteiger partial charge on any atom is 0.255 e. The summed E-state index contributed by atoms with van der Waals surface area (Å²) >= 11 is 6.45. The van der Waals surface area contributed by atoms with E-state index in [1.165, 1.54) is 6.20 Å². The SMILES string of the molecule is CC(NC(=O)C(C)N1Cc2ccc(-c3nc(Nc4ccnn4C)ncc3Cl)cc2C1=O)c1cccc(N(C)C)n1. The van der Waals surface area contributed by atoms with Gasteiger partial charge < -0.3 is 20.4 Å². The van der Waals surface area contributed by atoms with Gasteiger partial charge in [-0.25, -0.2) is 15.0 Å². The van der Waals surface area contributed by atoms with Crippen LogP contribution in [0, 0.1) is 0 Å². The van der Waals surface area contributed by atoms with Crippen molar-refractivity contribution in [3.63, 3.8) is 0 Å². The number of carbonyl (C=O) groups excluding carboxylic acids is 2. The standard InChI is InChI=1S/C28H30ClN9O2/c1-16(22-7-6-8-23(33-22)36(3)4)32-26(39)17(2)38-15-19-10-9-18(13-20(19)27(38)40)25-21(29)14-30-28(35-25)34-24-11-12-31-37(24)5/h6-14,16-17H,15H2,1-5H3,(H,32,39)(H,30,34,35). The zero-order valence-electron chi connectivity index (χ0n) is 22.9. The number of amides is 2. The van der Waals surface area contributed by atoms with Gasteiger partial charge in [0.05, 0.1) is 34.8 Å². The highest BCUT2D eigenvalue weighted by atomic mass is 35.5. The number of rotatable bonds is 8. The summed E-state index contributed by atoms with van der Waals surface area (Å²) in [6.45, 7) is 3.94. The highest BCUT2D eigenvalue weighted by molar-refractivity contribution is 6.33. The number of nitrogens with zero attached hydrogens (tertiary/aromatic N) is 7. The Bertz CT molecular complexity index is 1590. The zero-order chi connectivity index (χ0) is 28.6. The minimum Gasteiger partial charge on any atom is -0.363 e. The number of aryl methyl sites for hydroxylation is 1. The lowest BCUT2D eigenvalue weighted by molar-refractivity contribution is -0.125. The van der Waals surface area contributed by atoms with Crippen LogP contribution in [0.1, 0.15) is 41.5 Å². The molecule has 0 spiro atoms. The highest BCUT2D eigenvalue weighted by Gasteiger charge is 2.34. The van der Waals surface area contributed by atoms with Crippen molar-refractivity contribution in [1.82, 2.24) is 34.9 Å². The van der Waals surface area contributed by atoms with E-state index in [0.717, 1.165) is 22.9 Å².